The van der Waals surface area contributed by atoms with Crippen molar-refractivity contribution in [3.8, 4) is 0 Å². The molecule has 1 saturated heterocycles. The van der Waals surface area contributed by atoms with Gasteiger partial charge in [0.25, 0.3) is 5.91 Å². The van der Waals surface area contributed by atoms with Crippen LogP contribution in [-0.2, 0) is 0 Å². The molecule has 36 heavy (non-hydrogen) atoms. The molecule has 8 nitrogen and oxygen atoms in total. The number of carbonyl (C=O) groups excluding carboxylic acids is 1. The molecule has 0 radical (unpaired) electrons. The fourth-order valence-corrected chi connectivity index (χ4v) is 4.87. The van der Waals surface area contributed by atoms with E-state index in [9.17, 15) is 4.79 Å². The second kappa shape index (κ2) is 8.96. The molecule has 5 aromatic rings. The number of fused-ring (bicyclic) bond motifs is 3. The molecule has 0 bridgehead atoms. The highest BCUT2D eigenvalue weighted by atomic mass is 16.2. The lowest BCUT2D eigenvalue weighted by Crippen LogP contribution is -2.49. The zero-order valence-electron chi connectivity index (χ0n) is 20.3. The highest BCUT2D eigenvalue weighted by molar-refractivity contribution is 5.95. The minimum absolute atomic E-state index is 0.0401. The van der Waals surface area contributed by atoms with E-state index in [0.717, 1.165) is 29.8 Å². The molecule has 1 aliphatic rings. The predicted octanol–water partition coefficient (Wildman–Crippen LogP) is 4.60. The van der Waals surface area contributed by atoms with E-state index in [0.29, 0.717) is 30.1 Å². The smallest absolute Gasteiger partial charge is 0.254 e. The molecule has 2 aromatic heterocycles. The van der Waals surface area contributed by atoms with E-state index in [1.807, 2.05) is 57.8 Å². The largest absolute Gasteiger partial charge is 0.368 e. The Hall–Kier alpha value is -4.46. The number of anilines is 3. The van der Waals surface area contributed by atoms with Crippen LogP contribution in [0.4, 0.5) is 17.2 Å². The van der Waals surface area contributed by atoms with E-state index < -0.39 is 0 Å². The van der Waals surface area contributed by atoms with Gasteiger partial charge in [0, 0.05) is 43.1 Å². The lowest BCUT2D eigenvalue weighted by molar-refractivity contribution is 0.0747. The van der Waals surface area contributed by atoms with Crippen LogP contribution in [0.1, 0.15) is 21.5 Å². The number of nitrogens with one attached hydrogen (secondary N) is 1. The van der Waals surface area contributed by atoms with Crippen LogP contribution >= 0.6 is 0 Å². The maximum absolute atomic E-state index is 13.4. The third-order valence-electron chi connectivity index (χ3n) is 6.99. The third kappa shape index (κ3) is 3.90. The molecular formula is C28H27N7O. The number of carbonyl (C=O) groups is 1. The molecule has 1 aliphatic heterocycles. The molecule has 0 unspecified atom stereocenters. The summed E-state index contributed by atoms with van der Waals surface area (Å²) in [5.41, 5.74) is 7.69. The molecule has 1 fully saturated rings. The quantitative estimate of drug-likeness (QED) is 0.408. The van der Waals surface area contributed by atoms with Gasteiger partial charge in [0.15, 0.2) is 5.82 Å². The van der Waals surface area contributed by atoms with Crippen LogP contribution in [0.25, 0.3) is 16.7 Å². The van der Waals surface area contributed by atoms with Crippen molar-refractivity contribution in [1.82, 2.24) is 24.5 Å². The van der Waals surface area contributed by atoms with Crippen LogP contribution < -0.4 is 10.2 Å². The number of para-hydroxylation sites is 2. The van der Waals surface area contributed by atoms with Crippen LogP contribution in [0.3, 0.4) is 0 Å². The fourth-order valence-electron chi connectivity index (χ4n) is 4.87. The first-order valence-electron chi connectivity index (χ1n) is 12.1. The van der Waals surface area contributed by atoms with Gasteiger partial charge in [-0.25, -0.2) is 4.98 Å². The van der Waals surface area contributed by atoms with E-state index in [-0.39, 0.29) is 5.91 Å². The number of hydrogen-bond donors (Lipinski definition) is 1. The van der Waals surface area contributed by atoms with Gasteiger partial charge in [-0.1, -0.05) is 30.3 Å². The van der Waals surface area contributed by atoms with E-state index in [1.54, 1.807) is 6.33 Å². The second-order valence-corrected chi connectivity index (χ2v) is 9.18. The number of aryl methyl sites for hydroxylation is 1. The average molecular weight is 478 g/mol. The molecule has 1 N–H and O–H groups in total. The summed E-state index contributed by atoms with van der Waals surface area (Å²) in [7, 11) is 0. The van der Waals surface area contributed by atoms with Crippen LogP contribution in [0.15, 0.2) is 73.1 Å². The van der Waals surface area contributed by atoms with Crippen LogP contribution in [0.5, 0.6) is 0 Å². The monoisotopic (exact) mass is 477 g/mol. The van der Waals surface area contributed by atoms with Crippen molar-refractivity contribution in [2.45, 2.75) is 13.8 Å². The summed E-state index contributed by atoms with van der Waals surface area (Å²) in [5, 5.41) is 11.7. The molecule has 0 saturated carbocycles. The van der Waals surface area contributed by atoms with Crippen LogP contribution in [-0.4, -0.2) is 56.6 Å². The molecule has 180 valence electrons. The molecule has 0 atom stereocenters. The Labute approximate surface area is 209 Å². The summed E-state index contributed by atoms with van der Waals surface area (Å²) in [4.78, 5) is 22.4. The summed E-state index contributed by atoms with van der Waals surface area (Å²) in [6.07, 6.45) is 1.68. The second-order valence-electron chi connectivity index (χ2n) is 9.18. The highest BCUT2D eigenvalue weighted by Gasteiger charge is 2.23. The van der Waals surface area contributed by atoms with Crippen molar-refractivity contribution in [2.24, 2.45) is 0 Å². The van der Waals surface area contributed by atoms with Crippen molar-refractivity contribution < 1.29 is 4.79 Å². The van der Waals surface area contributed by atoms with Gasteiger partial charge < -0.3 is 15.1 Å². The zero-order valence-corrected chi connectivity index (χ0v) is 20.3. The summed E-state index contributed by atoms with van der Waals surface area (Å²) >= 11 is 0. The van der Waals surface area contributed by atoms with E-state index in [4.69, 9.17) is 4.98 Å². The summed E-state index contributed by atoms with van der Waals surface area (Å²) in [5.74, 6) is 0.635. The molecule has 3 heterocycles. The first-order valence-corrected chi connectivity index (χ1v) is 12.1. The average Bonchev–Trinajstić information content (AvgIpc) is 3.41. The van der Waals surface area contributed by atoms with Gasteiger partial charge in [0.1, 0.15) is 6.33 Å². The Morgan fingerprint density at radius 2 is 1.72 bits per heavy atom. The number of piperazine rings is 1. The number of rotatable bonds is 4. The zero-order chi connectivity index (χ0) is 24.6. The maximum Gasteiger partial charge on any atom is 0.254 e. The number of nitrogens with zero attached hydrogens (tertiary/aromatic N) is 6. The Morgan fingerprint density at radius 3 is 2.58 bits per heavy atom. The fraction of sp³-hybridized carbons (Fsp3) is 0.214. The normalized spacial score (nSPS) is 13.9. The van der Waals surface area contributed by atoms with Gasteiger partial charge >= 0.3 is 0 Å². The SMILES string of the molecule is Cc1cccc(N2CCN(C(=O)c3cccc(Nc4nc5ccccc5n5cnnc45)c3)CC2)c1C. The first kappa shape index (κ1) is 22.0. The van der Waals surface area contributed by atoms with Crippen LogP contribution in [0.2, 0.25) is 0 Å². The minimum atomic E-state index is 0.0401. The van der Waals surface area contributed by atoms with Gasteiger partial charge in [-0.3, -0.25) is 9.20 Å². The van der Waals surface area contributed by atoms with Gasteiger partial charge in [0.2, 0.25) is 5.65 Å². The lowest BCUT2D eigenvalue weighted by atomic mass is 10.1. The molecule has 0 spiro atoms. The van der Waals surface area contributed by atoms with Crippen molar-refractivity contribution in [2.75, 3.05) is 36.4 Å². The summed E-state index contributed by atoms with van der Waals surface area (Å²) in [6, 6.07) is 21.8. The standard InChI is InChI=1S/C28H27N7O/c1-19-7-5-12-24(20(19)2)33-13-15-34(16-14-33)28(36)21-8-6-9-22(17-21)30-26-27-32-29-18-35(27)25-11-4-3-10-23(25)31-26/h3-12,17-18H,13-16H2,1-2H3,(H,30,31). The Bertz CT molecular complexity index is 1580. The number of amides is 1. The summed E-state index contributed by atoms with van der Waals surface area (Å²) < 4.78 is 1.91. The van der Waals surface area contributed by atoms with Gasteiger partial charge in [0.05, 0.1) is 11.0 Å². The topological polar surface area (TPSA) is 78.7 Å². The maximum atomic E-state index is 13.4. The molecule has 6 rings (SSSR count). The van der Waals surface area contributed by atoms with Gasteiger partial charge in [-0.2, -0.15) is 0 Å². The van der Waals surface area contributed by atoms with Crippen molar-refractivity contribution in [3.63, 3.8) is 0 Å². The van der Waals surface area contributed by atoms with Gasteiger partial charge in [-0.15, -0.1) is 10.2 Å². The summed E-state index contributed by atoms with van der Waals surface area (Å²) in [6.45, 7) is 7.33. The third-order valence-corrected chi connectivity index (χ3v) is 6.99. The minimum Gasteiger partial charge on any atom is -0.368 e. The van der Waals surface area contributed by atoms with Crippen LogP contribution in [0, 0.1) is 13.8 Å². The number of hydrogen-bond acceptors (Lipinski definition) is 6. The molecule has 1 amide bonds. The molecule has 8 heteroatoms. The van der Waals surface area contributed by atoms with E-state index in [1.165, 1.54) is 16.8 Å². The molecule has 0 aliphatic carbocycles. The first-order chi connectivity index (χ1) is 17.6. The lowest BCUT2D eigenvalue weighted by Gasteiger charge is -2.37. The Balaban J connectivity index is 1.20. The predicted molar refractivity (Wildman–Crippen MR) is 142 cm³/mol. The number of benzene rings is 3. The Kier molecular flexibility index (Phi) is 5.48. The Morgan fingerprint density at radius 1 is 0.917 bits per heavy atom. The van der Waals surface area contributed by atoms with Crippen molar-refractivity contribution in [1.29, 1.82) is 0 Å². The van der Waals surface area contributed by atoms with Gasteiger partial charge in [-0.05, 0) is 61.4 Å². The molecule has 3 aromatic carbocycles. The van der Waals surface area contributed by atoms with E-state index in [2.05, 4.69) is 52.5 Å². The van der Waals surface area contributed by atoms with E-state index >= 15 is 0 Å². The highest BCUT2D eigenvalue weighted by Crippen LogP contribution is 2.26. The number of aromatic nitrogens is 4. The van der Waals surface area contributed by atoms with Crippen molar-refractivity contribution >= 4 is 39.8 Å². The molecular weight excluding hydrogens is 450 g/mol. The van der Waals surface area contributed by atoms with Crippen molar-refractivity contribution in [3.05, 3.63) is 89.7 Å².